The molecular formula is C13H15N5. The Morgan fingerprint density at radius 2 is 2.33 bits per heavy atom. The van der Waals surface area contributed by atoms with Gasteiger partial charge in [0.2, 0.25) is 0 Å². The Kier molecular flexibility index (Phi) is 2.72. The topological polar surface area (TPSA) is 58.5 Å². The Morgan fingerprint density at radius 1 is 1.39 bits per heavy atom. The number of aromatic nitrogens is 4. The molecule has 2 aromatic heterocycles. The molecule has 0 spiro atoms. The molecule has 0 aliphatic rings. The Labute approximate surface area is 105 Å². The molecule has 2 N–H and O–H groups in total. The molecule has 18 heavy (non-hydrogen) atoms. The highest BCUT2D eigenvalue weighted by Crippen LogP contribution is 2.21. The monoisotopic (exact) mass is 241 g/mol. The van der Waals surface area contributed by atoms with Crippen LogP contribution in [0.25, 0.3) is 10.9 Å². The van der Waals surface area contributed by atoms with E-state index < -0.39 is 0 Å². The van der Waals surface area contributed by atoms with Crippen molar-refractivity contribution in [3.63, 3.8) is 0 Å². The van der Waals surface area contributed by atoms with Crippen LogP contribution in [0.15, 0.2) is 36.8 Å². The number of H-pyrrole nitrogens is 1. The van der Waals surface area contributed by atoms with Crippen molar-refractivity contribution in [2.24, 2.45) is 0 Å². The van der Waals surface area contributed by atoms with E-state index in [-0.39, 0.29) is 0 Å². The van der Waals surface area contributed by atoms with Crippen LogP contribution in [0, 0.1) is 0 Å². The van der Waals surface area contributed by atoms with E-state index in [4.69, 9.17) is 0 Å². The van der Waals surface area contributed by atoms with Gasteiger partial charge in [0.05, 0.1) is 18.3 Å². The molecule has 0 saturated carbocycles. The molecule has 0 aliphatic carbocycles. The van der Waals surface area contributed by atoms with Crippen molar-refractivity contribution >= 4 is 16.6 Å². The van der Waals surface area contributed by atoms with Crippen LogP contribution in [0.3, 0.4) is 0 Å². The van der Waals surface area contributed by atoms with Crippen LogP contribution in [0.5, 0.6) is 0 Å². The van der Waals surface area contributed by atoms with Gasteiger partial charge in [0.1, 0.15) is 5.82 Å². The van der Waals surface area contributed by atoms with Gasteiger partial charge in [0.25, 0.3) is 0 Å². The maximum absolute atomic E-state index is 4.35. The van der Waals surface area contributed by atoms with Gasteiger partial charge in [-0.25, -0.2) is 4.98 Å². The first-order valence-corrected chi connectivity index (χ1v) is 6.04. The molecule has 92 valence electrons. The Bertz CT molecular complexity index is 652. The van der Waals surface area contributed by atoms with Crippen molar-refractivity contribution in [3.8, 4) is 0 Å². The van der Waals surface area contributed by atoms with E-state index in [1.54, 1.807) is 0 Å². The summed E-state index contributed by atoms with van der Waals surface area (Å²) in [6.45, 7) is 3.76. The zero-order valence-electron chi connectivity index (χ0n) is 10.2. The third kappa shape index (κ3) is 1.84. The average Bonchev–Trinajstić information content (AvgIpc) is 3.04. The quantitative estimate of drug-likeness (QED) is 0.737. The minimum absolute atomic E-state index is 0.713. The Hall–Kier alpha value is -2.30. The molecule has 0 fully saturated rings. The smallest absolute Gasteiger partial charge is 0.128 e. The van der Waals surface area contributed by atoms with Gasteiger partial charge < -0.3 is 9.88 Å². The summed E-state index contributed by atoms with van der Waals surface area (Å²) >= 11 is 0. The van der Waals surface area contributed by atoms with Gasteiger partial charge in [-0.15, -0.1) is 0 Å². The highest BCUT2D eigenvalue weighted by Gasteiger charge is 2.04. The van der Waals surface area contributed by atoms with Crippen molar-refractivity contribution in [1.29, 1.82) is 0 Å². The number of aryl methyl sites for hydroxylation is 1. The lowest BCUT2D eigenvalue weighted by Crippen LogP contribution is -2.07. The Balaban J connectivity index is 1.83. The zero-order valence-corrected chi connectivity index (χ0v) is 10.2. The number of nitrogens with one attached hydrogen (secondary N) is 2. The summed E-state index contributed by atoms with van der Waals surface area (Å²) in [4.78, 5) is 4.35. The van der Waals surface area contributed by atoms with E-state index in [2.05, 4.69) is 38.1 Å². The average molecular weight is 241 g/mol. The van der Waals surface area contributed by atoms with Gasteiger partial charge >= 0.3 is 0 Å². The van der Waals surface area contributed by atoms with E-state index in [1.807, 2.05) is 30.7 Å². The van der Waals surface area contributed by atoms with Gasteiger partial charge in [-0.1, -0.05) is 6.07 Å². The molecular weight excluding hydrogens is 226 g/mol. The lowest BCUT2D eigenvalue weighted by Gasteiger charge is -2.08. The molecule has 2 heterocycles. The summed E-state index contributed by atoms with van der Waals surface area (Å²) in [6.07, 6.45) is 5.67. The predicted molar refractivity (Wildman–Crippen MR) is 71.3 cm³/mol. The molecule has 1 aromatic carbocycles. The van der Waals surface area contributed by atoms with Crippen molar-refractivity contribution in [2.75, 3.05) is 5.32 Å². The second-order valence-electron chi connectivity index (χ2n) is 4.12. The minimum Gasteiger partial charge on any atom is -0.377 e. The number of fused-ring (bicyclic) bond motifs is 1. The normalized spacial score (nSPS) is 10.9. The minimum atomic E-state index is 0.713. The van der Waals surface area contributed by atoms with E-state index in [0.717, 1.165) is 29.0 Å². The van der Waals surface area contributed by atoms with Crippen molar-refractivity contribution in [2.45, 2.75) is 20.0 Å². The van der Waals surface area contributed by atoms with Gasteiger partial charge in [-0.2, -0.15) is 5.10 Å². The maximum atomic E-state index is 4.35. The number of imidazole rings is 1. The lowest BCUT2D eigenvalue weighted by molar-refractivity contribution is 0.708. The molecule has 5 nitrogen and oxygen atoms in total. The van der Waals surface area contributed by atoms with Crippen LogP contribution < -0.4 is 5.32 Å². The number of hydrogen-bond donors (Lipinski definition) is 2. The fourth-order valence-corrected chi connectivity index (χ4v) is 2.09. The third-order valence-corrected chi connectivity index (χ3v) is 3.06. The first-order chi connectivity index (χ1) is 8.88. The van der Waals surface area contributed by atoms with Crippen LogP contribution in [0.4, 0.5) is 5.69 Å². The fraction of sp³-hybridized carbons (Fsp3) is 0.231. The molecule has 0 amide bonds. The van der Waals surface area contributed by atoms with Crippen LogP contribution in [0.1, 0.15) is 12.7 Å². The van der Waals surface area contributed by atoms with E-state index in [9.17, 15) is 0 Å². The number of aromatic amines is 1. The third-order valence-electron chi connectivity index (χ3n) is 3.06. The number of hydrogen-bond acceptors (Lipinski definition) is 3. The van der Waals surface area contributed by atoms with E-state index in [1.165, 1.54) is 0 Å². The van der Waals surface area contributed by atoms with Crippen LogP contribution >= 0.6 is 0 Å². The molecule has 3 rings (SSSR count). The largest absolute Gasteiger partial charge is 0.377 e. The number of nitrogens with zero attached hydrogens (tertiary/aromatic N) is 3. The summed E-state index contributed by atoms with van der Waals surface area (Å²) in [5.74, 6) is 1.04. The summed E-state index contributed by atoms with van der Waals surface area (Å²) in [5.41, 5.74) is 2.12. The van der Waals surface area contributed by atoms with Gasteiger partial charge in [0.15, 0.2) is 0 Å². The van der Waals surface area contributed by atoms with Crippen molar-refractivity contribution in [1.82, 2.24) is 19.7 Å². The van der Waals surface area contributed by atoms with Gasteiger partial charge in [0, 0.05) is 30.0 Å². The Morgan fingerprint density at radius 3 is 3.22 bits per heavy atom. The molecule has 0 atom stereocenters. The second-order valence-corrected chi connectivity index (χ2v) is 4.12. The molecule has 0 radical (unpaired) electrons. The van der Waals surface area contributed by atoms with E-state index >= 15 is 0 Å². The summed E-state index contributed by atoms with van der Waals surface area (Å²) in [6, 6.07) is 6.08. The summed E-state index contributed by atoms with van der Waals surface area (Å²) < 4.78 is 2.13. The molecule has 0 saturated heterocycles. The highest BCUT2D eigenvalue weighted by molar-refractivity contribution is 5.90. The van der Waals surface area contributed by atoms with Crippen LogP contribution in [-0.2, 0) is 13.1 Å². The number of anilines is 1. The maximum Gasteiger partial charge on any atom is 0.128 e. The SMILES string of the molecule is CCn1ccnc1CNc1cccc2[nH]ncc12. The first kappa shape index (κ1) is 10.8. The molecule has 0 unspecified atom stereocenters. The number of benzene rings is 1. The molecule has 5 heteroatoms. The van der Waals surface area contributed by atoms with Crippen LogP contribution in [-0.4, -0.2) is 19.7 Å². The first-order valence-electron chi connectivity index (χ1n) is 6.04. The van der Waals surface area contributed by atoms with Crippen LogP contribution in [0.2, 0.25) is 0 Å². The highest BCUT2D eigenvalue weighted by atomic mass is 15.1. The standard InChI is InChI=1S/C13H15N5/c1-2-18-7-6-14-13(18)9-15-11-4-3-5-12-10(11)8-16-17-12/h3-8,15H,2,9H2,1H3,(H,16,17). The summed E-state index contributed by atoms with van der Waals surface area (Å²) in [5, 5.41) is 11.5. The number of rotatable bonds is 4. The second kappa shape index (κ2) is 4.52. The van der Waals surface area contributed by atoms with Crippen molar-refractivity contribution < 1.29 is 0 Å². The van der Waals surface area contributed by atoms with Crippen molar-refractivity contribution in [3.05, 3.63) is 42.6 Å². The fourth-order valence-electron chi connectivity index (χ4n) is 2.09. The van der Waals surface area contributed by atoms with E-state index in [0.29, 0.717) is 6.54 Å². The van der Waals surface area contributed by atoms with Gasteiger partial charge in [-0.3, -0.25) is 5.10 Å². The molecule has 0 bridgehead atoms. The molecule has 0 aliphatic heterocycles. The predicted octanol–water partition coefficient (Wildman–Crippen LogP) is 2.39. The lowest BCUT2D eigenvalue weighted by atomic mass is 10.2. The molecule has 3 aromatic rings. The zero-order chi connectivity index (χ0) is 12.4. The summed E-state index contributed by atoms with van der Waals surface area (Å²) in [7, 11) is 0. The van der Waals surface area contributed by atoms with Gasteiger partial charge in [-0.05, 0) is 19.1 Å².